The highest BCUT2D eigenvalue weighted by atomic mass is 19.1. The molecule has 3 aromatic carbocycles. The topological polar surface area (TPSA) is 83.0 Å². The molecule has 2 N–H and O–H groups in total. The maximum atomic E-state index is 13.8. The molecule has 7 heteroatoms. The summed E-state index contributed by atoms with van der Waals surface area (Å²) in [7, 11) is 0. The van der Waals surface area contributed by atoms with E-state index in [2.05, 4.69) is 28.3 Å². The predicted octanol–water partition coefficient (Wildman–Crippen LogP) is 6.55. The first-order chi connectivity index (χ1) is 19.0. The summed E-state index contributed by atoms with van der Waals surface area (Å²) in [4.78, 5) is 17.4. The first-order valence-electron chi connectivity index (χ1n) is 12.9. The van der Waals surface area contributed by atoms with Crippen molar-refractivity contribution in [3.63, 3.8) is 0 Å². The molecule has 0 spiro atoms. The number of aromatic nitrogens is 3. The van der Waals surface area contributed by atoms with Gasteiger partial charge >= 0.3 is 6.09 Å². The SMILES string of the molecule is Cc1cc(-c2ncccc2-c2ccc3c(cnn3C(=O)OC[C@H](N)CC3=CCc4ccccc43)c2)ccc1F. The average Bonchev–Trinajstić information content (AvgIpc) is 3.57. The number of rotatable bonds is 6. The number of ether oxygens (including phenoxy) is 1. The summed E-state index contributed by atoms with van der Waals surface area (Å²) in [6.45, 7) is 1.83. The van der Waals surface area contributed by atoms with Gasteiger partial charge in [0.2, 0.25) is 0 Å². The van der Waals surface area contributed by atoms with Crippen molar-refractivity contribution >= 4 is 22.6 Å². The van der Waals surface area contributed by atoms with Crippen LogP contribution in [-0.4, -0.2) is 33.5 Å². The van der Waals surface area contributed by atoms with Crippen molar-refractivity contribution in [2.75, 3.05) is 6.61 Å². The first-order valence-corrected chi connectivity index (χ1v) is 12.9. The van der Waals surface area contributed by atoms with Gasteiger partial charge in [-0.2, -0.15) is 9.78 Å². The van der Waals surface area contributed by atoms with Gasteiger partial charge in [0.25, 0.3) is 0 Å². The van der Waals surface area contributed by atoms with Crippen LogP contribution in [0, 0.1) is 12.7 Å². The fourth-order valence-electron chi connectivity index (χ4n) is 5.14. The summed E-state index contributed by atoms with van der Waals surface area (Å²) in [6.07, 6.45) is 6.51. The van der Waals surface area contributed by atoms with Gasteiger partial charge in [-0.05, 0) is 84.0 Å². The quantitative estimate of drug-likeness (QED) is 0.275. The zero-order valence-corrected chi connectivity index (χ0v) is 21.5. The fraction of sp³-hybridized carbons (Fsp3) is 0.156. The number of benzene rings is 3. The van der Waals surface area contributed by atoms with Crippen LogP contribution in [0.5, 0.6) is 0 Å². The lowest BCUT2D eigenvalue weighted by Crippen LogP contribution is -2.29. The largest absolute Gasteiger partial charge is 0.446 e. The van der Waals surface area contributed by atoms with E-state index in [4.69, 9.17) is 10.5 Å². The lowest BCUT2D eigenvalue weighted by atomic mass is 9.97. The van der Waals surface area contributed by atoms with Crippen molar-refractivity contribution in [1.82, 2.24) is 14.8 Å². The molecule has 0 unspecified atom stereocenters. The monoisotopic (exact) mass is 518 g/mol. The Bertz CT molecular complexity index is 1740. The van der Waals surface area contributed by atoms with E-state index in [0.717, 1.165) is 34.2 Å². The molecule has 0 bridgehead atoms. The number of hydrogen-bond acceptors (Lipinski definition) is 5. The van der Waals surface area contributed by atoms with Gasteiger partial charge in [-0.25, -0.2) is 9.18 Å². The minimum atomic E-state index is -0.571. The van der Waals surface area contributed by atoms with Crippen molar-refractivity contribution in [3.8, 4) is 22.4 Å². The molecule has 1 aliphatic rings. The molecule has 0 amide bonds. The van der Waals surface area contributed by atoms with Crippen LogP contribution in [0.25, 0.3) is 38.9 Å². The van der Waals surface area contributed by atoms with E-state index in [9.17, 15) is 9.18 Å². The third kappa shape index (κ3) is 4.84. The molecular formula is C32H27FN4O2. The van der Waals surface area contributed by atoms with Crippen LogP contribution in [0.1, 0.15) is 23.1 Å². The Hall–Kier alpha value is -4.62. The van der Waals surface area contributed by atoms with Gasteiger partial charge in [-0.3, -0.25) is 4.98 Å². The second kappa shape index (κ2) is 10.3. The minimum Gasteiger partial charge on any atom is -0.446 e. The van der Waals surface area contributed by atoms with Crippen molar-refractivity contribution in [2.24, 2.45) is 5.73 Å². The molecule has 0 radical (unpaired) electrons. The van der Waals surface area contributed by atoms with Gasteiger partial charge in [0.05, 0.1) is 17.4 Å². The Labute approximate surface area is 225 Å². The summed E-state index contributed by atoms with van der Waals surface area (Å²) in [5.41, 5.74) is 14.6. The van der Waals surface area contributed by atoms with Crippen LogP contribution < -0.4 is 5.73 Å². The number of aryl methyl sites for hydroxylation is 1. The summed E-state index contributed by atoms with van der Waals surface area (Å²) in [5.74, 6) is -0.251. The van der Waals surface area contributed by atoms with Crippen LogP contribution in [0.3, 0.4) is 0 Å². The summed E-state index contributed by atoms with van der Waals surface area (Å²) < 4.78 is 20.6. The van der Waals surface area contributed by atoms with Crippen LogP contribution in [0.2, 0.25) is 0 Å². The lowest BCUT2D eigenvalue weighted by Gasteiger charge is -2.14. The highest BCUT2D eigenvalue weighted by Crippen LogP contribution is 2.33. The molecule has 2 aromatic heterocycles. The van der Waals surface area contributed by atoms with Gasteiger partial charge < -0.3 is 10.5 Å². The maximum absolute atomic E-state index is 13.8. The van der Waals surface area contributed by atoms with E-state index in [0.29, 0.717) is 17.5 Å². The van der Waals surface area contributed by atoms with Gasteiger partial charge in [-0.15, -0.1) is 0 Å². The number of fused-ring (bicyclic) bond motifs is 2. The number of nitrogens with zero attached hydrogens (tertiary/aromatic N) is 3. The van der Waals surface area contributed by atoms with E-state index < -0.39 is 6.09 Å². The Balaban J connectivity index is 1.18. The smallest absolute Gasteiger partial charge is 0.435 e. The molecule has 0 fully saturated rings. The average molecular weight is 519 g/mol. The molecule has 0 saturated heterocycles. The standard InChI is InChI=1S/C32H27FN4O2/c1-20-15-24(10-12-29(20)33)31-28(7-4-14-35-31)22-11-13-30-25(16-22)18-36-37(30)32(38)39-19-26(34)17-23-9-8-21-5-2-3-6-27(21)23/h2-7,9-16,18,26H,8,17,19,34H2,1H3/t26-/m1/s1. The zero-order valence-electron chi connectivity index (χ0n) is 21.5. The highest BCUT2D eigenvalue weighted by Gasteiger charge is 2.19. The van der Waals surface area contributed by atoms with Crippen LogP contribution in [-0.2, 0) is 11.2 Å². The molecule has 39 heavy (non-hydrogen) atoms. The predicted molar refractivity (Wildman–Crippen MR) is 151 cm³/mol. The van der Waals surface area contributed by atoms with Gasteiger partial charge in [-0.1, -0.05) is 42.5 Å². The number of pyridine rings is 1. The van der Waals surface area contributed by atoms with Crippen molar-refractivity contribution in [2.45, 2.75) is 25.8 Å². The number of halogens is 1. The third-order valence-electron chi connectivity index (χ3n) is 7.13. The molecule has 0 aliphatic heterocycles. The van der Waals surface area contributed by atoms with Gasteiger partial charge in [0, 0.05) is 28.8 Å². The molecule has 1 atom stereocenters. The molecule has 1 aliphatic carbocycles. The molecule has 6 rings (SSSR count). The highest BCUT2D eigenvalue weighted by molar-refractivity contribution is 5.92. The lowest BCUT2D eigenvalue weighted by molar-refractivity contribution is 0.139. The Morgan fingerprint density at radius 2 is 1.87 bits per heavy atom. The summed E-state index contributed by atoms with van der Waals surface area (Å²) in [6, 6.07) is 22.5. The van der Waals surface area contributed by atoms with Crippen LogP contribution in [0.4, 0.5) is 9.18 Å². The second-order valence-corrected chi connectivity index (χ2v) is 9.83. The Morgan fingerprint density at radius 1 is 1.05 bits per heavy atom. The number of carbonyl (C=O) groups is 1. The van der Waals surface area contributed by atoms with E-state index >= 15 is 0 Å². The number of nitrogens with two attached hydrogens (primary N) is 1. The van der Waals surface area contributed by atoms with Gasteiger partial charge in [0.1, 0.15) is 12.4 Å². The summed E-state index contributed by atoms with van der Waals surface area (Å²) >= 11 is 0. The Morgan fingerprint density at radius 3 is 2.74 bits per heavy atom. The van der Waals surface area contributed by atoms with Gasteiger partial charge in [0.15, 0.2) is 0 Å². The van der Waals surface area contributed by atoms with E-state index in [1.54, 1.807) is 31.5 Å². The summed E-state index contributed by atoms with van der Waals surface area (Å²) in [5, 5.41) is 5.06. The Kier molecular flexibility index (Phi) is 6.50. The third-order valence-corrected chi connectivity index (χ3v) is 7.13. The zero-order chi connectivity index (χ0) is 26.9. The van der Waals surface area contributed by atoms with E-state index in [1.807, 2.05) is 42.5 Å². The fourth-order valence-corrected chi connectivity index (χ4v) is 5.14. The minimum absolute atomic E-state index is 0.0912. The number of carbonyl (C=O) groups excluding carboxylic acids is 1. The number of allylic oxidation sites excluding steroid dienone is 1. The van der Waals surface area contributed by atoms with Crippen molar-refractivity contribution < 1.29 is 13.9 Å². The van der Waals surface area contributed by atoms with E-state index in [-0.39, 0.29) is 18.5 Å². The first kappa shape index (κ1) is 24.7. The van der Waals surface area contributed by atoms with Crippen molar-refractivity contribution in [1.29, 1.82) is 0 Å². The second-order valence-electron chi connectivity index (χ2n) is 9.83. The molecule has 0 saturated carbocycles. The molecule has 6 nitrogen and oxygen atoms in total. The normalized spacial score (nSPS) is 13.3. The van der Waals surface area contributed by atoms with Crippen LogP contribution >= 0.6 is 0 Å². The molecule has 2 heterocycles. The molecular weight excluding hydrogens is 491 g/mol. The molecule has 5 aromatic rings. The number of hydrogen-bond donors (Lipinski definition) is 1. The maximum Gasteiger partial charge on any atom is 0.435 e. The molecule has 194 valence electrons. The van der Waals surface area contributed by atoms with Crippen LogP contribution in [0.15, 0.2) is 91.3 Å². The van der Waals surface area contributed by atoms with E-state index in [1.165, 1.54) is 27.4 Å². The van der Waals surface area contributed by atoms with Crippen molar-refractivity contribution in [3.05, 3.63) is 114 Å².